The van der Waals surface area contributed by atoms with Gasteiger partial charge in [0.05, 0.1) is 0 Å². The lowest BCUT2D eigenvalue weighted by Crippen LogP contribution is -2.39. The van der Waals surface area contributed by atoms with E-state index in [9.17, 15) is 4.79 Å². The normalized spacial score (nSPS) is 27.0. The van der Waals surface area contributed by atoms with Crippen LogP contribution < -0.4 is 10.6 Å². The Morgan fingerprint density at radius 3 is 2.43 bits per heavy atom. The minimum absolute atomic E-state index is 0. The lowest BCUT2D eigenvalue weighted by Gasteiger charge is -2.28. The number of piperidine rings is 1. The fourth-order valence-electron chi connectivity index (χ4n) is 3.48. The molecule has 0 saturated carbocycles. The first-order valence-electron chi connectivity index (χ1n) is 7.46. The highest BCUT2D eigenvalue weighted by molar-refractivity contribution is 6.30. The molecule has 3 rings (SSSR count). The Morgan fingerprint density at radius 1 is 1.19 bits per heavy atom. The van der Waals surface area contributed by atoms with Gasteiger partial charge in [0.2, 0.25) is 5.91 Å². The summed E-state index contributed by atoms with van der Waals surface area (Å²) in [4.78, 5) is 12.0. The van der Waals surface area contributed by atoms with Crippen molar-refractivity contribution in [2.24, 2.45) is 5.92 Å². The van der Waals surface area contributed by atoms with Gasteiger partial charge in [0.15, 0.2) is 0 Å². The molecule has 116 valence electrons. The molecule has 2 aliphatic heterocycles. The number of nitrogens with one attached hydrogen (secondary N) is 2. The van der Waals surface area contributed by atoms with Crippen LogP contribution in [0.15, 0.2) is 24.3 Å². The predicted molar refractivity (Wildman–Crippen MR) is 87.8 cm³/mol. The van der Waals surface area contributed by atoms with Crippen molar-refractivity contribution in [2.45, 2.75) is 50.7 Å². The van der Waals surface area contributed by atoms with Gasteiger partial charge in [-0.25, -0.2) is 0 Å². The number of carbonyl (C=O) groups is 1. The van der Waals surface area contributed by atoms with Gasteiger partial charge in [-0.3, -0.25) is 4.79 Å². The molecule has 2 saturated heterocycles. The van der Waals surface area contributed by atoms with E-state index in [2.05, 4.69) is 10.6 Å². The summed E-state index contributed by atoms with van der Waals surface area (Å²) in [5, 5.41) is 7.35. The van der Waals surface area contributed by atoms with Crippen LogP contribution >= 0.6 is 24.0 Å². The molecule has 0 aliphatic carbocycles. The summed E-state index contributed by atoms with van der Waals surface area (Å²) < 4.78 is 0. The summed E-state index contributed by atoms with van der Waals surface area (Å²) in [7, 11) is 0. The lowest BCUT2D eigenvalue weighted by atomic mass is 9.89. The van der Waals surface area contributed by atoms with E-state index in [4.69, 9.17) is 11.6 Å². The zero-order chi connectivity index (χ0) is 13.9. The monoisotopic (exact) mass is 328 g/mol. The Balaban J connectivity index is 0.00000161. The van der Waals surface area contributed by atoms with Gasteiger partial charge in [0.25, 0.3) is 0 Å². The molecule has 1 aromatic carbocycles. The Kier molecular flexibility index (Phi) is 5.91. The summed E-state index contributed by atoms with van der Waals surface area (Å²) in [6, 6.07) is 8.92. The molecule has 1 aromatic rings. The Hall–Kier alpha value is -0.770. The van der Waals surface area contributed by atoms with E-state index in [-0.39, 0.29) is 18.3 Å². The van der Waals surface area contributed by atoms with E-state index >= 15 is 0 Å². The van der Waals surface area contributed by atoms with E-state index in [0.717, 1.165) is 23.4 Å². The Bertz CT molecular complexity index is 466. The summed E-state index contributed by atoms with van der Waals surface area (Å²) in [5.41, 5.74) is 1.09. The van der Waals surface area contributed by atoms with E-state index in [1.807, 2.05) is 24.3 Å². The zero-order valence-electron chi connectivity index (χ0n) is 12.0. The van der Waals surface area contributed by atoms with Crippen LogP contribution in [-0.4, -0.2) is 18.0 Å². The van der Waals surface area contributed by atoms with E-state index < -0.39 is 0 Å². The SMILES string of the molecule is Cl.O=C(CC1CC2CCC(C1)N2)NCc1ccc(Cl)cc1. The second kappa shape index (κ2) is 7.48. The molecule has 2 N–H and O–H groups in total. The smallest absolute Gasteiger partial charge is 0.220 e. The molecule has 0 spiro atoms. The topological polar surface area (TPSA) is 41.1 Å². The number of fused-ring (bicyclic) bond motifs is 2. The molecule has 2 unspecified atom stereocenters. The Labute approximate surface area is 137 Å². The van der Waals surface area contributed by atoms with Gasteiger partial charge in [-0.05, 0) is 49.3 Å². The summed E-state index contributed by atoms with van der Waals surface area (Å²) in [6.45, 7) is 0.591. The summed E-state index contributed by atoms with van der Waals surface area (Å²) in [5.74, 6) is 0.727. The molecular formula is C16H22Cl2N2O. The molecule has 3 nitrogen and oxygen atoms in total. The number of carbonyl (C=O) groups excluding carboxylic acids is 1. The number of rotatable bonds is 4. The van der Waals surface area contributed by atoms with Crippen molar-refractivity contribution in [2.75, 3.05) is 0 Å². The first-order chi connectivity index (χ1) is 9.69. The second-order valence-corrected chi connectivity index (χ2v) is 6.52. The van der Waals surface area contributed by atoms with Crippen LogP contribution in [0, 0.1) is 5.92 Å². The molecule has 2 aliphatic rings. The van der Waals surface area contributed by atoms with Gasteiger partial charge in [0.1, 0.15) is 0 Å². The van der Waals surface area contributed by atoms with Crippen LogP contribution in [0.1, 0.15) is 37.7 Å². The number of halogens is 2. The van der Waals surface area contributed by atoms with Gasteiger partial charge < -0.3 is 10.6 Å². The van der Waals surface area contributed by atoms with Crippen molar-refractivity contribution in [3.8, 4) is 0 Å². The van der Waals surface area contributed by atoms with Crippen LogP contribution in [0.5, 0.6) is 0 Å². The molecule has 1 amide bonds. The predicted octanol–water partition coefficient (Wildman–Crippen LogP) is 3.30. The molecular weight excluding hydrogens is 307 g/mol. The first kappa shape index (κ1) is 16.6. The van der Waals surface area contributed by atoms with Crippen molar-refractivity contribution in [1.29, 1.82) is 0 Å². The van der Waals surface area contributed by atoms with Crippen molar-refractivity contribution in [3.05, 3.63) is 34.9 Å². The van der Waals surface area contributed by atoms with E-state index in [0.29, 0.717) is 31.0 Å². The van der Waals surface area contributed by atoms with Crippen molar-refractivity contribution >= 4 is 29.9 Å². The van der Waals surface area contributed by atoms with Crippen LogP contribution in [0.4, 0.5) is 0 Å². The third-order valence-electron chi connectivity index (χ3n) is 4.45. The molecule has 0 aromatic heterocycles. The highest BCUT2D eigenvalue weighted by Crippen LogP contribution is 2.32. The second-order valence-electron chi connectivity index (χ2n) is 6.08. The highest BCUT2D eigenvalue weighted by atomic mass is 35.5. The van der Waals surface area contributed by atoms with Crippen molar-refractivity contribution in [1.82, 2.24) is 10.6 Å². The van der Waals surface area contributed by atoms with Crippen molar-refractivity contribution in [3.63, 3.8) is 0 Å². The maximum absolute atomic E-state index is 12.0. The van der Waals surface area contributed by atoms with Gasteiger partial charge >= 0.3 is 0 Å². The highest BCUT2D eigenvalue weighted by Gasteiger charge is 2.33. The van der Waals surface area contributed by atoms with Crippen LogP contribution in [-0.2, 0) is 11.3 Å². The zero-order valence-corrected chi connectivity index (χ0v) is 13.6. The van der Waals surface area contributed by atoms with Crippen LogP contribution in [0.3, 0.4) is 0 Å². The fraction of sp³-hybridized carbons (Fsp3) is 0.562. The average molecular weight is 329 g/mol. The van der Waals surface area contributed by atoms with E-state index in [1.54, 1.807) is 0 Å². The van der Waals surface area contributed by atoms with Gasteiger partial charge in [0, 0.05) is 30.1 Å². The van der Waals surface area contributed by atoms with Gasteiger partial charge in [-0.2, -0.15) is 0 Å². The quantitative estimate of drug-likeness (QED) is 0.890. The third kappa shape index (κ3) is 4.60. The molecule has 2 heterocycles. The number of hydrogen-bond donors (Lipinski definition) is 2. The van der Waals surface area contributed by atoms with Crippen LogP contribution in [0.25, 0.3) is 0 Å². The van der Waals surface area contributed by atoms with Gasteiger partial charge in [-0.15, -0.1) is 12.4 Å². The molecule has 2 atom stereocenters. The maximum atomic E-state index is 12.0. The largest absolute Gasteiger partial charge is 0.352 e. The number of hydrogen-bond acceptors (Lipinski definition) is 2. The summed E-state index contributed by atoms with van der Waals surface area (Å²) >= 11 is 5.84. The van der Waals surface area contributed by atoms with E-state index in [1.165, 1.54) is 12.8 Å². The Morgan fingerprint density at radius 2 is 1.81 bits per heavy atom. The molecule has 5 heteroatoms. The third-order valence-corrected chi connectivity index (χ3v) is 4.70. The standard InChI is InChI=1S/C16H21ClN2O.ClH/c17-13-3-1-11(2-4-13)10-18-16(20)9-12-7-14-5-6-15(8-12)19-14;/h1-4,12,14-15,19H,5-10H2,(H,18,20);1H. The maximum Gasteiger partial charge on any atom is 0.220 e. The molecule has 2 fully saturated rings. The minimum atomic E-state index is 0. The molecule has 0 radical (unpaired) electrons. The minimum Gasteiger partial charge on any atom is -0.352 e. The number of amides is 1. The van der Waals surface area contributed by atoms with Crippen LogP contribution in [0.2, 0.25) is 5.02 Å². The molecule has 21 heavy (non-hydrogen) atoms. The van der Waals surface area contributed by atoms with Crippen molar-refractivity contribution < 1.29 is 4.79 Å². The summed E-state index contributed by atoms with van der Waals surface area (Å²) in [6.07, 6.45) is 5.55. The number of benzene rings is 1. The van der Waals surface area contributed by atoms with Gasteiger partial charge in [-0.1, -0.05) is 23.7 Å². The average Bonchev–Trinajstić information content (AvgIpc) is 2.77. The molecule has 2 bridgehead atoms. The lowest BCUT2D eigenvalue weighted by molar-refractivity contribution is -0.122. The first-order valence-corrected chi connectivity index (χ1v) is 7.84. The fourth-order valence-corrected chi connectivity index (χ4v) is 3.61.